The van der Waals surface area contributed by atoms with Gasteiger partial charge in [-0.15, -0.1) is 0 Å². The van der Waals surface area contributed by atoms with Crippen LogP contribution in [0.3, 0.4) is 0 Å². The van der Waals surface area contributed by atoms with E-state index < -0.39 is 28.8 Å². The summed E-state index contributed by atoms with van der Waals surface area (Å²) in [6.07, 6.45) is -1.33. The third kappa shape index (κ3) is 2.83. The maximum atomic E-state index is 14.5. The van der Waals surface area contributed by atoms with E-state index in [1.807, 2.05) is 0 Å². The van der Waals surface area contributed by atoms with E-state index in [1.54, 1.807) is 26.8 Å². The van der Waals surface area contributed by atoms with Gasteiger partial charge in [-0.05, 0) is 17.0 Å². The number of halogens is 3. The van der Waals surface area contributed by atoms with E-state index in [9.17, 15) is 13.2 Å². The summed E-state index contributed by atoms with van der Waals surface area (Å²) in [4.78, 5) is 0. The molecular weight excluding hydrogens is 267 g/mol. The molecule has 1 unspecified atom stereocenters. The summed E-state index contributed by atoms with van der Waals surface area (Å²) in [5.41, 5.74) is -0.820. The molecule has 2 rings (SSSR count). The fourth-order valence-corrected chi connectivity index (χ4v) is 2.34. The SMILES string of the molecule is CC(C)(C)c1cccc(C(F)(F)C2CNCCO2)c1F. The second kappa shape index (κ2) is 5.37. The van der Waals surface area contributed by atoms with Gasteiger partial charge in [-0.2, -0.15) is 8.78 Å². The molecule has 112 valence electrons. The molecule has 1 heterocycles. The number of ether oxygens (including phenoxy) is 1. The highest BCUT2D eigenvalue weighted by molar-refractivity contribution is 5.34. The summed E-state index contributed by atoms with van der Waals surface area (Å²) >= 11 is 0. The van der Waals surface area contributed by atoms with E-state index in [2.05, 4.69) is 5.32 Å². The van der Waals surface area contributed by atoms with E-state index in [-0.39, 0.29) is 13.2 Å². The first-order valence-corrected chi connectivity index (χ1v) is 6.74. The minimum Gasteiger partial charge on any atom is -0.369 e. The average molecular weight is 287 g/mol. The molecule has 5 heteroatoms. The van der Waals surface area contributed by atoms with Crippen LogP contribution >= 0.6 is 0 Å². The molecule has 0 aromatic heterocycles. The smallest absolute Gasteiger partial charge is 0.302 e. The summed E-state index contributed by atoms with van der Waals surface area (Å²) in [6, 6.07) is 4.17. The van der Waals surface area contributed by atoms with Crippen molar-refractivity contribution in [2.24, 2.45) is 0 Å². The molecule has 1 fully saturated rings. The zero-order chi connectivity index (χ0) is 15.0. The van der Waals surface area contributed by atoms with Crippen LogP contribution in [-0.4, -0.2) is 25.8 Å². The van der Waals surface area contributed by atoms with Gasteiger partial charge in [0.2, 0.25) is 0 Å². The highest BCUT2D eigenvalue weighted by Crippen LogP contribution is 2.38. The van der Waals surface area contributed by atoms with Crippen LogP contribution in [0.1, 0.15) is 31.9 Å². The molecule has 1 aromatic carbocycles. The van der Waals surface area contributed by atoms with Crippen LogP contribution < -0.4 is 5.32 Å². The van der Waals surface area contributed by atoms with E-state index >= 15 is 0 Å². The minimum absolute atomic E-state index is 0.0200. The molecule has 1 aliphatic rings. The van der Waals surface area contributed by atoms with Crippen molar-refractivity contribution in [1.82, 2.24) is 5.32 Å². The predicted molar refractivity (Wildman–Crippen MR) is 71.6 cm³/mol. The summed E-state index contributed by atoms with van der Waals surface area (Å²) < 4.78 is 48.5. The molecule has 2 nitrogen and oxygen atoms in total. The summed E-state index contributed by atoms with van der Waals surface area (Å²) in [6.45, 7) is 6.16. The lowest BCUT2D eigenvalue weighted by Gasteiger charge is -2.32. The Morgan fingerprint density at radius 3 is 2.40 bits per heavy atom. The number of benzene rings is 1. The zero-order valence-corrected chi connectivity index (χ0v) is 12.0. The first-order chi connectivity index (χ1) is 9.24. The third-order valence-electron chi connectivity index (χ3n) is 3.50. The van der Waals surface area contributed by atoms with Crippen molar-refractivity contribution in [2.45, 2.75) is 38.2 Å². The standard InChI is InChI=1S/C15H20F3NO/c1-14(2,3)10-5-4-6-11(13(10)16)15(17,18)12-9-19-7-8-20-12/h4-6,12,19H,7-9H2,1-3H3. The Labute approximate surface area is 117 Å². The van der Waals surface area contributed by atoms with Gasteiger partial charge in [0.1, 0.15) is 11.9 Å². The quantitative estimate of drug-likeness (QED) is 0.902. The van der Waals surface area contributed by atoms with Crippen molar-refractivity contribution in [3.8, 4) is 0 Å². The Kier molecular flexibility index (Phi) is 4.12. The summed E-state index contributed by atoms with van der Waals surface area (Å²) in [7, 11) is 0. The lowest BCUT2D eigenvalue weighted by molar-refractivity contribution is -0.153. The van der Waals surface area contributed by atoms with Crippen molar-refractivity contribution in [3.63, 3.8) is 0 Å². The van der Waals surface area contributed by atoms with Gasteiger partial charge in [-0.3, -0.25) is 0 Å². The van der Waals surface area contributed by atoms with Crippen LogP contribution in [0.15, 0.2) is 18.2 Å². The molecule has 0 saturated carbocycles. The van der Waals surface area contributed by atoms with Gasteiger partial charge in [0, 0.05) is 13.1 Å². The Balaban J connectivity index is 2.41. The summed E-state index contributed by atoms with van der Waals surface area (Å²) in [5, 5.41) is 2.85. The average Bonchev–Trinajstić information content (AvgIpc) is 2.38. The van der Waals surface area contributed by atoms with E-state index in [1.165, 1.54) is 6.07 Å². The molecule has 0 spiro atoms. The lowest BCUT2D eigenvalue weighted by atomic mass is 9.84. The second-order valence-corrected chi connectivity index (χ2v) is 6.10. The molecule has 0 amide bonds. The minimum atomic E-state index is -3.35. The van der Waals surface area contributed by atoms with E-state index in [4.69, 9.17) is 4.74 Å². The number of alkyl halides is 2. The molecule has 1 aliphatic heterocycles. The van der Waals surface area contributed by atoms with Crippen LogP contribution in [0.4, 0.5) is 13.2 Å². The fourth-order valence-electron chi connectivity index (χ4n) is 2.34. The number of rotatable bonds is 2. The van der Waals surface area contributed by atoms with Gasteiger partial charge in [0.05, 0.1) is 12.2 Å². The Hall–Kier alpha value is -1.07. The van der Waals surface area contributed by atoms with Gasteiger partial charge in [-0.25, -0.2) is 4.39 Å². The maximum Gasteiger partial charge on any atom is 0.302 e. The first-order valence-electron chi connectivity index (χ1n) is 6.74. The monoisotopic (exact) mass is 287 g/mol. The Morgan fingerprint density at radius 2 is 1.85 bits per heavy atom. The summed E-state index contributed by atoms with van der Waals surface area (Å²) in [5.74, 6) is -4.18. The maximum absolute atomic E-state index is 14.5. The molecule has 1 aromatic rings. The molecule has 0 bridgehead atoms. The van der Waals surface area contributed by atoms with Gasteiger partial charge in [-0.1, -0.05) is 32.9 Å². The largest absolute Gasteiger partial charge is 0.369 e. The highest BCUT2D eigenvalue weighted by atomic mass is 19.3. The number of morpholine rings is 1. The lowest BCUT2D eigenvalue weighted by Crippen LogP contribution is -2.47. The molecule has 0 radical (unpaired) electrons. The predicted octanol–water partition coefficient (Wildman–Crippen LogP) is 3.20. The van der Waals surface area contributed by atoms with Gasteiger partial charge in [0.15, 0.2) is 0 Å². The molecule has 0 aliphatic carbocycles. The molecule has 1 atom stereocenters. The second-order valence-electron chi connectivity index (χ2n) is 6.10. The van der Waals surface area contributed by atoms with Gasteiger partial charge in [0.25, 0.3) is 0 Å². The number of nitrogens with one attached hydrogen (secondary N) is 1. The third-order valence-corrected chi connectivity index (χ3v) is 3.50. The molecular formula is C15H20F3NO. The topological polar surface area (TPSA) is 21.3 Å². The van der Waals surface area contributed by atoms with Crippen LogP contribution in [0.2, 0.25) is 0 Å². The van der Waals surface area contributed by atoms with Gasteiger partial charge < -0.3 is 10.1 Å². The molecule has 1 saturated heterocycles. The molecule has 1 N–H and O–H groups in total. The Bertz CT molecular complexity index is 476. The van der Waals surface area contributed by atoms with Crippen molar-refractivity contribution >= 4 is 0 Å². The molecule has 20 heavy (non-hydrogen) atoms. The first kappa shape index (κ1) is 15.3. The van der Waals surface area contributed by atoms with Crippen molar-refractivity contribution in [2.75, 3.05) is 19.7 Å². The van der Waals surface area contributed by atoms with Crippen LogP contribution in [0.25, 0.3) is 0 Å². The van der Waals surface area contributed by atoms with Crippen molar-refractivity contribution < 1.29 is 17.9 Å². The number of hydrogen-bond donors (Lipinski definition) is 1. The van der Waals surface area contributed by atoms with Crippen molar-refractivity contribution in [3.05, 3.63) is 35.1 Å². The highest BCUT2D eigenvalue weighted by Gasteiger charge is 2.45. The van der Waals surface area contributed by atoms with E-state index in [0.29, 0.717) is 12.1 Å². The Morgan fingerprint density at radius 1 is 1.20 bits per heavy atom. The van der Waals surface area contributed by atoms with Crippen LogP contribution in [0, 0.1) is 5.82 Å². The van der Waals surface area contributed by atoms with Crippen molar-refractivity contribution in [1.29, 1.82) is 0 Å². The van der Waals surface area contributed by atoms with E-state index in [0.717, 1.165) is 6.07 Å². The van der Waals surface area contributed by atoms with Crippen LogP contribution in [-0.2, 0) is 16.1 Å². The van der Waals surface area contributed by atoms with Crippen LogP contribution in [0.5, 0.6) is 0 Å². The normalized spacial score (nSPS) is 21.0. The fraction of sp³-hybridized carbons (Fsp3) is 0.600. The van der Waals surface area contributed by atoms with Gasteiger partial charge >= 0.3 is 5.92 Å². The zero-order valence-electron chi connectivity index (χ0n) is 12.0. The number of hydrogen-bond acceptors (Lipinski definition) is 2.